The molecular weight excluding hydrogens is 358 g/mol. The first-order valence-electron chi connectivity index (χ1n) is 7.72. The van der Waals surface area contributed by atoms with Gasteiger partial charge in [0.1, 0.15) is 17.2 Å². The van der Waals surface area contributed by atoms with Gasteiger partial charge in [0.25, 0.3) is 0 Å². The number of para-hydroxylation sites is 1. The Balaban J connectivity index is 1.92. The molecule has 8 nitrogen and oxygen atoms in total. The van der Waals surface area contributed by atoms with Crippen LogP contribution < -0.4 is 25.2 Å². The number of carbonyl (C=O) groups is 1. The molecule has 0 aliphatic carbocycles. The van der Waals surface area contributed by atoms with Gasteiger partial charge >= 0.3 is 6.03 Å². The molecule has 0 bridgehead atoms. The molecule has 0 fully saturated rings. The van der Waals surface area contributed by atoms with Crippen molar-refractivity contribution in [3.63, 3.8) is 0 Å². The van der Waals surface area contributed by atoms with E-state index in [9.17, 15) is 13.2 Å². The van der Waals surface area contributed by atoms with Gasteiger partial charge in [0.2, 0.25) is 10.0 Å². The van der Waals surface area contributed by atoms with Crippen molar-refractivity contribution < 1.29 is 22.7 Å². The van der Waals surface area contributed by atoms with Crippen molar-refractivity contribution in [2.75, 3.05) is 26.1 Å². The van der Waals surface area contributed by atoms with E-state index in [0.29, 0.717) is 30.2 Å². The Morgan fingerprint density at radius 1 is 1.04 bits per heavy atom. The average Bonchev–Trinajstić information content (AvgIpc) is 2.61. The summed E-state index contributed by atoms with van der Waals surface area (Å²) >= 11 is 0. The zero-order valence-corrected chi connectivity index (χ0v) is 15.3. The lowest BCUT2D eigenvalue weighted by atomic mass is 10.1. The number of carbonyl (C=O) groups excluding carboxylic acids is 1. The van der Waals surface area contributed by atoms with Gasteiger partial charge in [0, 0.05) is 6.54 Å². The van der Waals surface area contributed by atoms with Crippen LogP contribution in [0.25, 0.3) is 0 Å². The zero-order valence-electron chi connectivity index (χ0n) is 14.5. The first-order chi connectivity index (χ1) is 12.3. The molecule has 0 aliphatic heterocycles. The first kappa shape index (κ1) is 19.5. The van der Waals surface area contributed by atoms with Crippen molar-refractivity contribution in [1.29, 1.82) is 0 Å². The first-order valence-corrected chi connectivity index (χ1v) is 9.27. The number of nitrogens with two attached hydrogens (primary N) is 1. The summed E-state index contributed by atoms with van der Waals surface area (Å²) in [6, 6.07) is 11.0. The molecule has 9 heteroatoms. The number of benzene rings is 2. The Hall–Kier alpha value is -2.78. The van der Waals surface area contributed by atoms with Gasteiger partial charge in [0.05, 0.1) is 19.1 Å². The molecule has 0 radical (unpaired) electrons. The Bertz CT molecular complexity index is 844. The summed E-state index contributed by atoms with van der Waals surface area (Å²) in [5, 5.41) is 10.5. The molecule has 2 rings (SSSR count). The number of methoxy groups -OCH3 is 2. The normalized spacial score (nSPS) is 10.9. The number of anilines is 1. The molecule has 26 heavy (non-hydrogen) atoms. The molecule has 140 valence electrons. The van der Waals surface area contributed by atoms with E-state index < -0.39 is 16.1 Å². The number of nitrogens with one attached hydrogen (secondary N) is 2. The fourth-order valence-corrected chi connectivity index (χ4v) is 2.81. The highest BCUT2D eigenvalue weighted by molar-refractivity contribution is 7.89. The highest BCUT2D eigenvalue weighted by Gasteiger charge is 2.12. The average molecular weight is 379 g/mol. The summed E-state index contributed by atoms with van der Waals surface area (Å²) in [7, 11) is -0.699. The predicted octanol–water partition coefficient (Wildman–Crippen LogP) is 1.72. The van der Waals surface area contributed by atoms with Crippen LogP contribution in [0.2, 0.25) is 0 Å². The number of hydrogen-bond acceptors (Lipinski definition) is 5. The molecule has 0 heterocycles. The second-order valence-electron chi connectivity index (χ2n) is 5.36. The second kappa shape index (κ2) is 8.54. The van der Waals surface area contributed by atoms with E-state index >= 15 is 0 Å². The topological polar surface area (TPSA) is 120 Å². The van der Waals surface area contributed by atoms with Crippen LogP contribution in [0, 0.1) is 0 Å². The van der Waals surface area contributed by atoms with Crippen molar-refractivity contribution in [2.45, 2.75) is 11.3 Å². The molecule has 0 aliphatic rings. The van der Waals surface area contributed by atoms with E-state index in [-0.39, 0.29) is 4.90 Å². The molecule has 0 spiro atoms. The lowest BCUT2D eigenvalue weighted by Gasteiger charge is -2.14. The maximum atomic E-state index is 12.1. The Labute approximate surface area is 152 Å². The number of urea groups is 1. The maximum absolute atomic E-state index is 12.1. The Morgan fingerprint density at radius 2 is 1.62 bits per heavy atom. The summed E-state index contributed by atoms with van der Waals surface area (Å²) in [4.78, 5) is 12.1. The minimum Gasteiger partial charge on any atom is -0.494 e. The van der Waals surface area contributed by atoms with Gasteiger partial charge in [-0.05, 0) is 36.2 Å². The van der Waals surface area contributed by atoms with Gasteiger partial charge in [-0.15, -0.1) is 0 Å². The number of hydrogen-bond donors (Lipinski definition) is 3. The molecule has 2 aromatic rings. The van der Waals surface area contributed by atoms with E-state index in [0.717, 1.165) is 5.56 Å². The molecular formula is C17H21N3O5S. The van der Waals surface area contributed by atoms with E-state index in [4.69, 9.17) is 14.6 Å². The van der Waals surface area contributed by atoms with Crippen molar-refractivity contribution in [2.24, 2.45) is 5.14 Å². The highest BCUT2D eigenvalue weighted by Crippen LogP contribution is 2.33. The second-order valence-corrected chi connectivity index (χ2v) is 6.92. The minimum absolute atomic E-state index is 0.0511. The van der Waals surface area contributed by atoms with E-state index in [1.54, 1.807) is 30.3 Å². The fourth-order valence-electron chi connectivity index (χ4n) is 2.30. The lowest BCUT2D eigenvalue weighted by molar-refractivity contribution is 0.252. The van der Waals surface area contributed by atoms with Crippen molar-refractivity contribution in [3.8, 4) is 11.5 Å². The number of ether oxygens (including phenoxy) is 2. The standard InChI is InChI=1S/C17H21N3O5S/c1-24-14-4-3-5-15(25-2)16(14)20-17(21)19-11-10-12-6-8-13(9-7-12)26(18,22)23/h3-9H,10-11H2,1-2H3,(H2,18,22,23)(H2,19,20,21). The van der Waals surface area contributed by atoms with E-state index in [1.807, 2.05) is 0 Å². The summed E-state index contributed by atoms with van der Waals surface area (Å²) in [6.45, 7) is 0.359. The largest absolute Gasteiger partial charge is 0.494 e. The molecule has 0 atom stereocenters. The van der Waals surface area contributed by atoms with Crippen LogP contribution in [0.4, 0.5) is 10.5 Å². The van der Waals surface area contributed by atoms with Crippen molar-refractivity contribution >= 4 is 21.7 Å². The third-order valence-corrected chi connectivity index (χ3v) is 4.55. The van der Waals surface area contributed by atoms with Crippen LogP contribution in [0.3, 0.4) is 0 Å². The van der Waals surface area contributed by atoms with Crippen LogP contribution >= 0.6 is 0 Å². The predicted molar refractivity (Wildman–Crippen MR) is 98.1 cm³/mol. The molecule has 0 saturated heterocycles. The van der Waals surface area contributed by atoms with Crippen molar-refractivity contribution in [1.82, 2.24) is 5.32 Å². The number of amides is 2. The smallest absolute Gasteiger partial charge is 0.319 e. The van der Waals surface area contributed by atoms with Gasteiger partial charge < -0.3 is 20.1 Å². The molecule has 0 aromatic heterocycles. The Morgan fingerprint density at radius 3 is 2.12 bits per heavy atom. The molecule has 4 N–H and O–H groups in total. The van der Waals surface area contributed by atoms with Crippen LogP contribution in [-0.4, -0.2) is 35.2 Å². The van der Waals surface area contributed by atoms with Crippen LogP contribution in [0.15, 0.2) is 47.4 Å². The lowest BCUT2D eigenvalue weighted by Crippen LogP contribution is -2.30. The van der Waals surface area contributed by atoms with Crippen molar-refractivity contribution in [3.05, 3.63) is 48.0 Å². The minimum atomic E-state index is -3.70. The maximum Gasteiger partial charge on any atom is 0.319 e. The van der Waals surface area contributed by atoms with Gasteiger partial charge in [-0.2, -0.15) is 0 Å². The third kappa shape index (κ3) is 5.11. The van der Waals surface area contributed by atoms with Gasteiger partial charge in [-0.1, -0.05) is 18.2 Å². The zero-order chi connectivity index (χ0) is 19.2. The SMILES string of the molecule is COc1cccc(OC)c1NC(=O)NCCc1ccc(S(N)(=O)=O)cc1. The highest BCUT2D eigenvalue weighted by atomic mass is 32.2. The number of primary sulfonamides is 1. The van der Waals surface area contributed by atoms with Crippen LogP contribution in [-0.2, 0) is 16.4 Å². The van der Waals surface area contributed by atoms with Gasteiger partial charge in [-0.25, -0.2) is 18.4 Å². The quantitative estimate of drug-likeness (QED) is 0.676. The van der Waals surface area contributed by atoms with E-state index in [2.05, 4.69) is 10.6 Å². The summed E-state index contributed by atoms with van der Waals surface area (Å²) in [5.41, 5.74) is 1.31. The molecule has 0 saturated carbocycles. The van der Waals surface area contributed by atoms with Crippen LogP contribution in [0.5, 0.6) is 11.5 Å². The summed E-state index contributed by atoms with van der Waals surface area (Å²) < 4.78 is 32.9. The third-order valence-electron chi connectivity index (χ3n) is 3.62. The molecule has 2 aromatic carbocycles. The monoisotopic (exact) mass is 379 g/mol. The van der Waals surface area contributed by atoms with Gasteiger partial charge in [0.15, 0.2) is 0 Å². The number of sulfonamides is 1. The van der Waals surface area contributed by atoms with Gasteiger partial charge in [-0.3, -0.25) is 0 Å². The van der Waals surface area contributed by atoms with Crippen LogP contribution in [0.1, 0.15) is 5.56 Å². The molecule has 0 unspecified atom stereocenters. The van der Waals surface area contributed by atoms with E-state index in [1.165, 1.54) is 26.4 Å². The fraction of sp³-hybridized carbons (Fsp3) is 0.235. The molecule has 2 amide bonds. The summed E-state index contributed by atoms with van der Waals surface area (Å²) in [6.07, 6.45) is 0.529. The Kier molecular flexibility index (Phi) is 6.42. The number of rotatable bonds is 7. The summed E-state index contributed by atoms with van der Waals surface area (Å²) in [5.74, 6) is 0.969.